The molecule has 0 saturated heterocycles. The summed E-state index contributed by atoms with van der Waals surface area (Å²) in [6, 6.07) is 14.1. The first-order valence-corrected chi connectivity index (χ1v) is 10.5. The van der Waals surface area contributed by atoms with Gasteiger partial charge in [0, 0.05) is 12.1 Å². The van der Waals surface area contributed by atoms with E-state index in [2.05, 4.69) is 48.5 Å². The summed E-state index contributed by atoms with van der Waals surface area (Å²) in [7, 11) is 0. The first-order valence-electron chi connectivity index (χ1n) is 10.5. The highest BCUT2D eigenvalue weighted by Gasteiger charge is 2.18. The Bertz CT molecular complexity index is 1050. The molecule has 0 spiro atoms. The number of nitrogens with zero attached hydrogens (tertiary/aromatic N) is 2. The minimum atomic E-state index is -0.201. The Morgan fingerprint density at radius 1 is 1.17 bits per heavy atom. The van der Waals surface area contributed by atoms with E-state index < -0.39 is 0 Å². The zero-order valence-corrected chi connectivity index (χ0v) is 18.4. The van der Waals surface area contributed by atoms with Crippen LogP contribution < -0.4 is 10.1 Å². The van der Waals surface area contributed by atoms with E-state index in [1.165, 1.54) is 11.1 Å². The van der Waals surface area contributed by atoms with Gasteiger partial charge < -0.3 is 14.6 Å². The second-order valence-electron chi connectivity index (χ2n) is 7.89. The van der Waals surface area contributed by atoms with Crippen molar-refractivity contribution in [2.75, 3.05) is 6.61 Å². The van der Waals surface area contributed by atoms with Crippen LogP contribution in [-0.2, 0) is 11.3 Å². The van der Waals surface area contributed by atoms with Gasteiger partial charge in [-0.2, -0.15) is 0 Å². The molecular formula is C25H31N3O2. The number of ether oxygens (including phenoxy) is 1. The first kappa shape index (κ1) is 21.6. The summed E-state index contributed by atoms with van der Waals surface area (Å²) in [5, 5.41) is 2.98. The molecule has 2 aromatic carbocycles. The minimum absolute atomic E-state index is 0.150. The van der Waals surface area contributed by atoms with Crippen molar-refractivity contribution in [3.05, 3.63) is 71.6 Å². The molecule has 1 atom stereocenters. The number of para-hydroxylation sites is 2. The molecule has 1 amide bonds. The fraction of sp³-hybridized carbons (Fsp3) is 0.360. The summed E-state index contributed by atoms with van der Waals surface area (Å²) in [6.45, 7) is 13.1. The molecule has 0 radical (unpaired) electrons. The first-order chi connectivity index (χ1) is 14.4. The maximum atomic E-state index is 12.1. The summed E-state index contributed by atoms with van der Waals surface area (Å²) in [6.07, 6.45) is 1.89. The molecule has 0 aliphatic rings. The van der Waals surface area contributed by atoms with Crippen molar-refractivity contribution in [3.63, 3.8) is 0 Å². The maximum absolute atomic E-state index is 12.1. The van der Waals surface area contributed by atoms with Gasteiger partial charge in [-0.1, -0.05) is 24.8 Å². The quantitative estimate of drug-likeness (QED) is 0.390. The van der Waals surface area contributed by atoms with E-state index in [4.69, 9.17) is 9.72 Å². The molecule has 158 valence electrons. The van der Waals surface area contributed by atoms with Gasteiger partial charge in [-0.25, -0.2) is 4.98 Å². The molecule has 1 aromatic heterocycles. The highest BCUT2D eigenvalue weighted by Crippen LogP contribution is 2.22. The minimum Gasteiger partial charge on any atom is -0.494 e. The van der Waals surface area contributed by atoms with E-state index in [0.717, 1.165) is 42.0 Å². The summed E-state index contributed by atoms with van der Waals surface area (Å²) in [5.74, 6) is 1.63. The second-order valence-corrected chi connectivity index (χ2v) is 7.89. The lowest BCUT2D eigenvalue weighted by molar-refractivity contribution is -0.118. The number of aromatic nitrogens is 2. The van der Waals surface area contributed by atoms with Crippen molar-refractivity contribution in [1.82, 2.24) is 14.9 Å². The number of fused-ring (bicyclic) bond motifs is 1. The van der Waals surface area contributed by atoms with Crippen LogP contribution in [0.15, 0.2) is 54.6 Å². The Morgan fingerprint density at radius 2 is 1.93 bits per heavy atom. The molecule has 3 aromatic rings. The van der Waals surface area contributed by atoms with Gasteiger partial charge in [-0.15, -0.1) is 0 Å². The van der Waals surface area contributed by atoms with E-state index in [1.54, 1.807) is 6.92 Å². The summed E-state index contributed by atoms with van der Waals surface area (Å²) in [5.41, 5.74) is 5.03. The molecule has 0 aliphatic heterocycles. The molecule has 5 heteroatoms. The maximum Gasteiger partial charge on any atom is 0.246 e. The number of nitrogens with one attached hydrogen (secondary N) is 1. The Kier molecular flexibility index (Phi) is 6.93. The van der Waals surface area contributed by atoms with Crippen molar-refractivity contribution in [2.45, 2.75) is 53.1 Å². The smallest absolute Gasteiger partial charge is 0.246 e. The van der Waals surface area contributed by atoms with Gasteiger partial charge in [0.1, 0.15) is 11.6 Å². The molecule has 0 saturated carbocycles. The average molecular weight is 406 g/mol. The molecule has 30 heavy (non-hydrogen) atoms. The Morgan fingerprint density at radius 3 is 2.67 bits per heavy atom. The Labute approximate surface area is 178 Å². The number of carbonyl (C=O) groups is 1. The highest BCUT2D eigenvalue weighted by atomic mass is 16.5. The van der Waals surface area contributed by atoms with Crippen molar-refractivity contribution in [1.29, 1.82) is 0 Å². The molecule has 1 N–H and O–H groups in total. The fourth-order valence-corrected chi connectivity index (χ4v) is 3.41. The number of benzene rings is 2. The molecule has 5 nitrogen and oxygen atoms in total. The molecule has 1 heterocycles. The van der Waals surface area contributed by atoms with Crippen LogP contribution in [0.1, 0.15) is 49.7 Å². The van der Waals surface area contributed by atoms with Gasteiger partial charge in [-0.05, 0) is 75.9 Å². The second kappa shape index (κ2) is 9.61. The lowest BCUT2D eigenvalue weighted by Gasteiger charge is -2.16. The average Bonchev–Trinajstić information content (AvgIpc) is 3.09. The standard InChI is InChI=1S/C25H31N3O2/c1-17(2)25(29)26-20(5)24-27-22-10-6-7-11-23(22)28(24)14-8-9-15-30-21-13-12-18(3)19(4)16-21/h6-7,10-13,16,20H,1,8-9,14-15H2,2-5H3,(H,26,29). The van der Waals surface area contributed by atoms with Gasteiger partial charge >= 0.3 is 0 Å². The number of hydrogen-bond acceptors (Lipinski definition) is 3. The van der Waals surface area contributed by atoms with E-state index >= 15 is 0 Å². The van der Waals surface area contributed by atoms with Crippen LogP contribution in [0.5, 0.6) is 5.75 Å². The normalized spacial score (nSPS) is 12.0. The summed E-state index contributed by atoms with van der Waals surface area (Å²) in [4.78, 5) is 16.8. The van der Waals surface area contributed by atoms with E-state index in [1.807, 2.05) is 31.2 Å². The number of imidazole rings is 1. The SMILES string of the molecule is C=C(C)C(=O)NC(C)c1nc2ccccc2n1CCCCOc1ccc(C)c(C)c1. The Balaban J connectivity index is 1.64. The highest BCUT2D eigenvalue weighted by molar-refractivity contribution is 5.92. The molecule has 0 bridgehead atoms. The van der Waals surface area contributed by atoms with E-state index in [9.17, 15) is 4.79 Å². The number of rotatable bonds is 9. The van der Waals surface area contributed by atoms with E-state index in [-0.39, 0.29) is 11.9 Å². The van der Waals surface area contributed by atoms with Crippen LogP contribution in [0.2, 0.25) is 0 Å². The number of carbonyl (C=O) groups excluding carboxylic acids is 1. The zero-order chi connectivity index (χ0) is 21.7. The van der Waals surface area contributed by atoms with Crippen molar-refractivity contribution >= 4 is 16.9 Å². The Hall–Kier alpha value is -3.08. The predicted molar refractivity (Wildman–Crippen MR) is 122 cm³/mol. The van der Waals surface area contributed by atoms with Crippen LogP contribution in [0.4, 0.5) is 0 Å². The summed E-state index contributed by atoms with van der Waals surface area (Å²) < 4.78 is 8.12. The van der Waals surface area contributed by atoms with Gasteiger partial charge in [0.15, 0.2) is 0 Å². The largest absolute Gasteiger partial charge is 0.494 e. The number of unbranched alkanes of at least 4 members (excludes halogenated alkanes) is 1. The van der Waals surface area contributed by atoms with Crippen molar-refractivity contribution in [2.24, 2.45) is 0 Å². The van der Waals surface area contributed by atoms with Crippen molar-refractivity contribution < 1.29 is 9.53 Å². The number of hydrogen-bond donors (Lipinski definition) is 1. The predicted octanol–water partition coefficient (Wildman–Crippen LogP) is 5.27. The third kappa shape index (κ3) is 5.09. The topological polar surface area (TPSA) is 56.2 Å². The third-order valence-corrected chi connectivity index (χ3v) is 5.33. The van der Waals surface area contributed by atoms with Crippen LogP contribution >= 0.6 is 0 Å². The van der Waals surface area contributed by atoms with Crippen molar-refractivity contribution in [3.8, 4) is 5.75 Å². The van der Waals surface area contributed by atoms with Gasteiger partial charge in [0.05, 0.1) is 23.7 Å². The molecule has 0 fully saturated rings. The van der Waals surface area contributed by atoms with E-state index in [0.29, 0.717) is 12.2 Å². The summed E-state index contributed by atoms with van der Waals surface area (Å²) >= 11 is 0. The van der Waals surface area contributed by atoms with Crippen LogP contribution in [-0.4, -0.2) is 22.1 Å². The van der Waals surface area contributed by atoms with Crippen LogP contribution in [0.25, 0.3) is 11.0 Å². The number of amides is 1. The lowest BCUT2D eigenvalue weighted by atomic mass is 10.1. The molecular weight excluding hydrogens is 374 g/mol. The van der Waals surface area contributed by atoms with Crippen LogP contribution in [0, 0.1) is 13.8 Å². The molecule has 3 rings (SSSR count). The lowest BCUT2D eigenvalue weighted by Crippen LogP contribution is -2.29. The molecule has 1 unspecified atom stereocenters. The van der Waals surface area contributed by atoms with Crippen LogP contribution in [0.3, 0.4) is 0 Å². The zero-order valence-electron chi connectivity index (χ0n) is 18.4. The van der Waals surface area contributed by atoms with Gasteiger partial charge in [0.25, 0.3) is 0 Å². The number of aryl methyl sites for hydroxylation is 3. The third-order valence-electron chi connectivity index (χ3n) is 5.33. The fourth-order valence-electron chi connectivity index (χ4n) is 3.41. The van der Waals surface area contributed by atoms with Gasteiger partial charge in [0.2, 0.25) is 5.91 Å². The van der Waals surface area contributed by atoms with Gasteiger partial charge in [-0.3, -0.25) is 4.79 Å². The monoisotopic (exact) mass is 405 g/mol. The molecule has 0 aliphatic carbocycles.